The predicted molar refractivity (Wildman–Crippen MR) is 81.5 cm³/mol. The van der Waals surface area contributed by atoms with Crippen LogP contribution in [0.4, 0.5) is 0 Å². The van der Waals surface area contributed by atoms with Crippen molar-refractivity contribution in [2.45, 2.75) is 39.3 Å². The van der Waals surface area contributed by atoms with Crippen LogP contribution in [0.2, 0.25) is 0 Å². The van der Waals surface area contributed by atoms with E-state index in [1.54, 1.807) is 18.4 Å². The second-order valence-corrected chi connectivity index (χ2v) is 5.35. The molecule has 0 aliphatic rings. The van der Waals surface area contributed by atoms with Gasteiger partial charge in [0.25, 0.3) is 5.91 Å². The molecule has 4 heteroatoms. The molecule has 1 N–H and O–H groups in total. The van der Waals surface area contributed by atoms with Gasteiger partial charge in [-0.05, 0) is 57.2 Å². The van der Waals surface area contributed by atoms with Crippen molar-refractivity contribution in [2.75, 3.05) is 0 Å². The number of amides is 1. The first-order valence-corrected chi connectivity index (χ1v) is 7.14. The van der Waals surface area contributed by atoms with Crippen LogP contribution < -0.4 is 10.1 Å². The number of rotatable bonds is 6. The van der Waals surface area contributed by atoms with Crippen molar-refractivity contribution in [1.29, 1.82) is 0 Å². The lowest BCUT2D eigenvalue weighted by Gasteiger charge is -2.13. The number of ether oxygens (including phenoxy) is 1. The van der Waals surface area contributed by atoms with E-state index in [4.69, 9.17) is 9.15 Å². The highest BCUT2D eigenvalue weighted by Gasteiger charge is 2.11. The van der Waals surface area contributed by atoms with E-state index in [9.17, 15) is 4.79 Å². The summed E-state index contributed by atoms with van der Waals surface area (Å²) in [7, 11) is 0. The molecule has 0 aliphatic heterocycles. The first kappa shape index (κ1) is 15.2. The van der Waals surface area contributed by atoms with Crippen LogP contribution in [0, 0.1) is 0 Å². The zero-order chi connectivity index (χ0) is 15.2. The Labute approximate surface area is 125 Å². The number of hydrogen-bond acceptors (Lipinski definition) is 3. The summed E-state index contributed by atoms with van der Waals surface area (Å²) in [6.07, 6.45) is 2.43. The topological polar surface area (TPSA) is 51.5 Å². The number of hydrogen-bond donors (Lipinski definition) is 1. The van der Waals surface area contributed by atoms with E-state index in [0.29, 0.717) is 12.0 Å². The molecule has 0 aliphatic carbocycles. The number of benzene rings is 1. The van der Waals surface area contributed by atoms with Gasteiger partial charge in [-0.15, -0.1) is 0 Å². The highest BCUT2D eigenvalue weighted by Crippen LogP contribution is 2.14. The van der Waals surface area contributed by atoms with Gasteiger partial charge in [0.2, 0.25) is 0 Å². The van der Waals surface area contributed by atoms with Crippen molar-refractivity contribution in [1.82, 2.24) is 5.32 Å². The van der Waals surface area contributed by atoms with Gasteiger partial charge >= 0.3 is 0 Å². The van der Waals surface area contributed by atoms with Crippen LogP contribution in [0.15, 0.2) is 47.1 Å². The molecule has 1 aromatic carbocycles. The van der Waals surface area contributed by atoms with Crippen molar-refractivity contribution in [3.8, 4) is 5.75 Å². The fourth-order valence-electron chi connectivity index (χ4n) is 2.05. The average molecular weight is 287 g/mol. The second kappa shape index (κ2) is 6.97. The third kappa shape index (κ3) is 4.67. The van der Waals surface area contributed by atoms with Crippen LogP contribution in [0.25, 0.3) is 0 Å². The maximum atomic E-state index is 12.1. The number of nitrogens with one attached hydrogen (secondary N) is 1. The van der Waals surface area contributed by atoms with Crippen molar-refractivity contribution in [3.05, 3.63) is 54.0 Å². The molecule has 112 valence electrons. The van der Waals surface area contributed by atoms with Gasteiger partial charge in [-0.3, -0.25) is 4.79 Å². The van der Waals surface area contributed by atoms with Gasteiger partial charge < -0.3 is 14.5 Å². The second-order valence-electron chi connectivity index (χ2n) is 5.35. The Bertz CT molecular complexity index is 558. The molecule has 0 bridgehead atoms. The lowest BCUT2D eigenvalue weighted by atomic mass is 10.1. The number of carbonyl (C=O) groups excluding carboxylic acids is 1. The molecular formula is C17H21NO3. The molecule has 4 nitrogen and oxygen atoms in total. The zero-order valence-electron chi connectivity index (χ0n) is 12.6. The van der Waals surface area contributed by atoms with Gasteiger partial charge in [0.15, 0.2) is 0 Å². The lowest BCUT2D eigenvalue weighted by Crippen LogP contribution is -2.33. The zero-order valence-corrected chi connectivity index (χ0v) is 12.6. The number of carbonyl (C=O) groups is 1. The molecule has 1 unspecified atom stereocenters. The fraction of sp³-hybridized carbons (Fsp3) is 0.353. The van der Waals surface area contributed by atoms with E-state index in [1.165, 1.54) is 0 Å². The first-order chi connectivity index (χ1) is 10.0. The molecule has 1 atom stereocenters. The van der Waals surface area contributed by atoms with E-state index >= 15 is 0 Å². The lowest BCUT2D eigenvalue weighted by molar-refractivity contribution is 0.0939. The quantitative estimate of drug-likeness (QED) is 0.885. The Morgan fingerprint density at radius 1 is 1.19 bits per heavy atom. The summed E-state index contributed by atoms with van der Waals surface area (Å²) in [4.78, 5) is 12.1. The minimum absolute atomic E-state index is 0.00948. The maximum Gasteiger partial charge on any atom is 0.251 e. The van der Waals surface area contributed by atoms with Crippen LogP contribution in [0.1, 0.15) is 36.9 Å². The summed E-state index contributed by atoms with van der Waals surface area (Å²) in [6, 6.07) is 10.9. The van der Waals surface area contributed by atoms with Crippen molar-refractivity contribution >= 4 is 5.91 Å². The van der Waals surface area contributed by atoms with Crippen LogP contribution >= 0.6 is 0 Å². The van der Waals surface area contributed by atoms with Crippen LogP contribution in [0.3, 0.4) is 0 Å². The summed E-state index contributed by atoms with van der Waals surface area (Å²) < 4.78 is 10.8. The molecule has 1 amide bonds. The molecule has 0 spiro atoms. The molecule has 0 radical (unpaired) electrons. The summed E-state index contributed by atoms with van der Waals surface area (Å²) in [5, 5.41) is 2.95. The molecule has 1 heterocycles. The molecule has 1 aromatic heterocycles. The molecular weight excluding hydrogens is 266 g/mol. The van der Waals surface area contributed by atoms with E-state index in [-0.39, 0.29) is 18.1 Å². The third-order valence-electron chi connectivity index (χ3n) is 2.95. The highest BCUT2D eigenvalue weighted by molar-refractivity contribution is 5.94. The highest BCUT2D eigenvalue weighted by atomic mass is 16.5. The van der Waals surface area contributed by atoms with Crippen molar-refractivity contribution in [3.63, 3.8) is 0 Å². The fourth-order valence-corrected chi connectivity index (χ4v) is 2.05. The van der Waals surface area contributed by atoms with Gasteiger partial charge in [-0.25, -0.2) is 0 Å². The Morgan fingerprint density at radius 2 is 1.90 bits per heavy atom. The molecule has 0 saturated carbocycles. The normalized spacial score (nSPS) is 12.2. The van der Waals surface area contributed by atoms with Gasteiger partial charge in [0, 0.05) is 18.0 Å². The molecule has 2 rings (SSSR count). The largest absolute Gasteiger partial charge is 0.491 e. The van der Waals surface area contributed by atoms with Crippen LogP contribution in [0.5, 0.6) is 5.75 Å². The average Bonchev–Trinajstić information content (AvgIpc) is 2.91. The standard InChI is InChI=1S/C17H21NO3/c1-12(2)21-15-8-6-14(7-9-15)17(19)18-13(3)11-16-5-4-10-20-16/h4-10,12-13H,11H2,1-3H3,(H,18,19). The van der Waals surface area contributed by atoms with E-state index in [2.05, 4.69) is 5.32 Å². The monoisotopic (exact) mass is 287 g/mol. The van der Waals surface area contributed by atoms with Gasteiger partial charge in [-0.1, -0.05) is 0 Å². The van der Waals surface area contributed by atoms with Crippen LogP contribution in [-0.4, -0.2) is 18.1 Å². The van der Waals surface area contributed by atoms with E-state index in [0.717, 1.165) is 11.5 Å². The Kier molecular flexibility index (Phi) is 5.04. The number of furan rings is 1. The first-order valence-electron chi connectivity index (χ1n) is 7.14. The van der Waals surface area contributed by atoms with Gasteiger partial charge in [0.05, 0.1) is 12.4 Å². The van der Waals surface area contributed by atoms with E-state index < -0.39 is 0 Å². The summed E-state index contributed by atoms with van der Waals surface area (Å²) in [6.45, 7) is 5.89. The minimum atomic E-state index is -0.0925. The molecule has 0 fully saturated rings. The molecule has 21 heavy (non-hydrogen) atoms. The van der Waals surface area contributed by atoms with Gasteiger partial charge in [-0.2, -0.15) is 0 Å². The Hall–Kier alpha value is -2.23. The van der Waals surface area contributed by atoms with Crippen molar-refractivity contribution in [2.24, 2.45) is 0 Å². The van der Waals surface area contributed by atoms with Crippen LogP contribution in [-0.2, 0) is 6.42 Å². The summed E-state index contributed by atoms with van der Waals surface area (Å²) >= 11 is 0. The Morgan fingerprint density at radius 3 is 2.48 bits per heavy atom. The SMILES string of the molecule is CC(Cc1ccco1)NC(=O)c1ccc(OC(C)C)cc1. The van der Waals surface area contributed by atoms with Gasteiger partial charge in [0.1, 0.15) is 11.5 Å². The molecule has 2 aromatic rings. The van der Waals surface area contributed by atoms with Crippen molar-refractivity contribution < 1.29 is 13.9 Å². The Balaban J connectivity index is 1.90. The maximum absolute atomic E-state index is 12.1. The molecule has 0 saturated heterocycles. The predicted octanol–water partition coefficient (Wildman–Crippen LogP) is 3.43. The summed E-state index contributed by atoms with van der Waals surface area (Å²) in [5.74, 6) is 1.54. The van der Waals surface area contributed by atoms with E-state index in [1.807, 2.05) is 45.0 Å². The smallest absolute Gasteiger partial charge is 0.251 e. The third-order valence-corrected chi connectivity index (χ3v) is 2.95. The summed E-state index contributed by atoms with van der Waals surface area (Å²) in [5.41, 5.74) is 0.623. The minimum Gasteiger partial charge on any atom is -0.491 e.